The van der Waals surface area contributed by atoms with E-state index in [-0.39, 0.29) is 11.6 Å². The molecule has 0 bridgehead atoms. The Morgan fingerprint density at radius 2 is 1.32 bits per heavy atom. The fraction of sp³-hybridized carbons (Fsp3) is 0.130. The van der Waals surface area contributed by atoms with E-state index in [4.69, 9.17) is 4.74 Å². The van der Waals surface area contributed by atoms with Gasteiger partial charge in [0.15, 0.2) is 6.10 Å². The molecule has 142 valence electrons. The first kappa shape index (κ1) is 19.3. The first-order valence-corrected chi connectivity index (χ1v) is 8.91. The van der Waals surface area contributed by atoms with E-state index in [9.17, 15) is 14.0 Å². The van der Waals surface area contributed by atoms with Gasteiger partial charge in [0.05, 0.1) is 11.6 Å². The van der Waals surface area contributed by atoms with Crippen LogP contribution in [0, 0.1) is 5.82 Å². The summed E-state index contributed by atoms with van der Waals surface area (Å²) in [7, 11) is 0. The van der Waals surface area contributed by atoms with Crippen LogP contribution in [0.3, 0.4) is 0 Å². The fourth-order valence-corrected chi connectivity index (χ4v) is 2.78. The minimum atomic E-state index is -1.01. The van der Waals surface area contributed by atoms with Crippen molar-refractivity contribution in [1.29, 1.82) is 0 Å². The molecular formula is C23H20FNO3. The van der Waals surface area contributed by atoms with Gasteiger partial charge in [-0.1, -0.05) is 60.7 Å². The zero-order chi connectivity index (χ0) is 19.9. The van der Waals surface area contributed by atoms with Crippen LogP contribution in [0.5, 0.6) is 0 Å². The highest BCUT2D eigenvalue weighted by Crippen LogP contribution is 2.22. The second-order valence-electron chi connectivity index (χ2n) is 6.32. The highest BCUT2D eigenvalue weighted by atomic mass is 19.1. The summed E-state index contributed by atoms with van der Waals surface area (Å²) in [6, 6.07) is 23.7. The Bertz CT molecular complexity index is 888. The van der Waals surface area contributed by atoms with Crippen LogP contribution in [0.2, 0.25) is 0 Å². The van der Waals surface area contributed by atoms with Gasteiger partial charge in [-0.15, -0.1) is 0 Å². The molecule has 5 heteroatoms. The third kappa shape index (κ3) is 4.82. The van der Waals surface area contributed by atoms with Gasteiger partial charge in [0.1, 0.15) is 5.82 Å². The van der Waals surface area contributed by atoms with Crippen LogP contribution in [0.1, 0.15) is 34.5 Å². The van der Waals surface area contributed by atoms with Gasteiger partial charge in [-0.25, -0.2) is 9.18 Å². The average Bonchev–Trinajstić information content (AvgIpc) is 2.73. The van der Waals surface area contributed by atoms with Crippen LogP contribution in [-0.2, 0) is 9.53 Å². The molecule has 0 saturated heterocycles. The van der Waals surface area contributed by atoms with Crippen molar-refractivity contribution >= 4 is 11.9 Å². The second kappa shape index (κ2) is 8.95. The lowest BCUT2D eigenvalue weighted by molar-refractivity contribution is -0.129. The smallest absolute Gasteiger partial charge is 0.338 e. The topological polar surface area (TPSA) is 55.4 Å². The van der Waals surface area contributed by atoms with Crippen molar-refractivity contribution in [3.63, 3.8) is 0 Å². The number of benzene rings is 3. The zero-order valence-electron chi connectivity index (χ0n) is 15.3. The van der Waals surface area contributed by atoms with Crippen molar-refractivity contribution in [3.05, 3.63) is 107 Å². The predicted molar refractivity (Wildman–Crippen MR) is 104 cm³/mol. The standard InChI is InChI=1S/C23H20FNO3/c1-16(28-23(27)19-12-14-20(24)15-13-19)22(26)25-21(17-8-4-2-5-9-17)18-10-6-3-7-11-18/h2-16,21H,1H3,(H,25,26)/t16-/m1/s1. The minimum absolute atomic E-state index is 0.184. The van der Waals surface area contributed by atoms with Crippen LogP contribution >= 0.6 is 0 Å². The number of hydrogen-bond acceptors (Lipinski definition) is 3. The lowest BCUT2D eigenvalue weighted by Crippen LogP contribution is -2.38. The van der Waals surface area contributed by atoms with E-state index in [0.29, 0.717) is 0 Å². The summed E-state index contributed by atoms with van der Waals surface area (Å²) in [6.45, 7) is 1.50. The molecule has 1 atom stereocenters. The van der Waals surface area contributed by atoms with E-state index in [0.717, 1.165) is 11.1 Å². The van der Waals surface area contributed by atoms with Crippen LogP contribution < -0.4 is 5.32 Å². The van der Waals surface area contributed by atoms with Gasteiger partial charge < -0.3 is 10.1 Å². The van der Waals surface area contributed by atoms with E-state index >= 15 is 0 Å². The Kier molecular flexibility index (Phi) is 6.17. The van der Waals surface area contributed by atoms with Gasteiger partial charge in [-0.3, -0.25) is 4.79 Å². The maximum atomic E-state index is 13.0. The maximum absolute atomic E-state index is 13.0. The van der Waals surface area contributed by atoms with Crippen LogP contribution in [-0.4, -0.2) is 18.0 Å². The monoisotopic (exact) mass is 377 g/mol. The van der Waals surface area contributed by atoms with Crippen molar-refractivity contribution in [2.45, 2.75) is 19.1 Å². The molecule has 1 amide bonds. The maximum Gasteiger partial charge on any atom is 0.338 e. The molecule has 0 aliphatic rings. The number of carbonyl (C=O) groups excluding carboxylic acids is 2. The van der Waals surface area contributed by atoms with Crippen LogP contribution in [0.4, 0.5) is 4.39 Å². The van der Waals surface area contributed by atoms with Crippen molar-refractivity contribution in [1.82, 2.24) is 5.32 Å². The number of amides is 1. The summed E-state index contributed by atoms with van der Waals surface area (Å²) in [5.74, 6) is -1.55. The molecule has 0 aliphatic carbocycles. The lowest BCUT2D eigenvalue weighted by Gasteiger charge is -2.22. The summed E-state index contributed by atoms with van der Waals surface area (Å²) >= 11 is 0. The molecule has 0 aliphatic heterocycles. The molecule has 0 unspecified atom stereocenters. The number of rotatable bonds is 6. The SMILES string of the molecule is C[C@@H](OC(=O)c1ccc(F)cc1)C(=O)NC(c1ccccc1)c1ccccc1. The van der Waals surface area contributed by atoms with Gasteiger partial charge >= 0.3 is 5.97 Å². The molecule has 3 aromatic rings. The Morgan fingerprint density at radius 3 is 1.82 bits per heavy atom. The largest absolute Gasteiger partial charge is 0.449 e. The second-order valence-corrected chi connectivity index (χ2v) is 6.32. The summed E-state index contributed by atoms with van der Waals surface area (Å²) in [5.41, 5.74) is 2.02. The predicted octanol–water partition coefficient (Wildman–Crippen LogP) is 4.28. The number of esters is 1. The molecule has 3 rings (SSSR count). The van der Waals surface area contributed by atoms with Crippen molar-refractivity contribution < 1.29 is 18.7 Å². The van der Waals surface area contributed by atoms with E-state index < -0.39 is 23.8 Å². The molecule has 3 aromatic carbocycles. The van der Waals surface area contributed by atoms with Crippen molar-refractivity contribution in [2.24, 2.45) is 0 Å². The summed E-state index contributed by atoms with van der Waals surface area (Å²) < 4.78 is 18.2. The third-order valence-corrected chi connectivity index (χ3v) is 4.29. The average molecular weight is 377 g/mol. The summed E-state index contributed by atoms with van der Waals surface area (Å²) in [4.78, 5) is 24.8. The highest BCUT2D eigenvalue weighted by molar-refractivity contribution is 5.92. The molecule has 0 heterocycles. The van der Waals surface area contributed by atoms with E-state index in [1.165, 1.54) is 31.2 Å². The van der Waals surface area contributed by atoms with Gasteiger partial charge in [0.25, 0.3) is 5.91 Å². The summed E-state index contributed by atoms with van der Waals surface area (Å²) in [6.07, 6.45) is -1.01. The van der Waals surface area contributed by atoms with Crippen LogP contribution in [0.15, 0.2) is 84.9 Å². The van der Waals surface area contributed by atoms with Gasteiger partial charge in [0.2, 0.25) is 0 Å². The molecular weight excluding hydrogens is 357 g/mol. The molecule has 28 heavy (non-hydrogen) atoms. The molecule has 0 radical (unpaired) electrons. The first-order chi connectivity index (χ1) is 13.5. The van der Waals surface area contributed by atoms with Gasteiger partial charge in [-0.2, -0.15) is 0 Å². The van der Waals surface area contributed by atoms with Gasteiger partial charge in [0, 0.05) is 0 Å². The van der Waals surface area contributed by atoms with E-state index in [1.54, 1.807) is 0 Å². The number of hydrogen-bond donors (Lipinski definition) is 1. The molecule has 4 nitrogen and oxygen atoms in total. The number of carbonyl (C=O) groups is 2. The number of nitrogens with one attached hydrogen (secondary N) is 1. The molecule has 0 fully saturated rings. The minimum Gasteiger partial charge on any atom is -0.449 e. The van der Waals surface area contributed by atoms with Gasteiger partial charge in [-0.05, 0) is 42.3 Å². The number of halogens is 1. The first-order valence-electron chi connectivity index (χ1n) is 8.91. The Labute approximate surface area is 163 Å². The third-order valence-electron chi connectivity index (χ3n) is 4.29. The van der Waals surface area contributed by atoms with Crippen LogP contribution in [0.25, 0.3) is 0 Å². The molecule has 0 saturated carbocycles. The quantitative estimate of drug-likeness (QED) is 0.653. The number of ether oxygens (including phenoxy) is 1. The molecule has 1 N–H and O–H groups in total. The van der Waals surface area contributed by atoms with Crippen molar-refractivity contribution in [2.75, 3.05) is 0 Å². The lowest BCUT2D eigenvalue weighted by atomic mass is 9.98. The Hall–Kier alpha value is -3.47. The molecule has 0 aromatic heterocycles. The summed E-state index contributed by atoms with van der Waals surface area (Å²) in [5, 5.41) is 2.94. The Morgan fingerprint density at radius 1 is 0.821 bits per heavy atom. The van der Waals surface area contributed by atoms with Crippen molar-refractivity contribution in [3.8, 4) is 0 Å². The molecule has 0 spiro atoms. The Balaban J connectivity index is 1.72. The van der Waals surface area contributed by atoms with E-state index in [1.807, 2.05) is 60.7 Å². The fourth-order valence-electron chi connectivity index (χ4n) is 2.78. The normalized spacial score (nSPS) is 11.7. The van der Waals surface area contributed by atoms with E-state index in [2.05, 4.69) is 5.32 Å². The zero-order valence-corrected chi connectivity index (χ0v) is 15.3. The highest BCUT2D eigenvalue weighted by Gasteiger charge is 2.23.